The molecular formula is C2H4O3. The summed E-state index contributed by atoms with van der Waals surface area (Å²) in [6.07, 6.45) is 0.375. The second-order valence-corrected chi connectivity index (χ2v) is 0.448. The van der Waals surface area contributed by atoms with Gasteiger partial charge in [0.1, 0.15) is 0 Å². The molecular weight excluding hydrogens is 72.0 g/mol. The molecule has 0 aromatic rings. The number of aliphatic hydroxyl groups excluding tert-OH is 2. The van der Waals surface area contributed by atoms with Gasteiger partial charge in [-0.25, -0.2) is 0 Å². The molecule has 0 aromatic carbocycles. The predicted molar refractivity (Wildman–Crippen MR) is 16.0 cm³/mol. The fraction of sp³-hybridized carbons (Fsp3) is 0. The molecule has 0 aromatic heterocycles. The van der Waals surface area contributed by atoms with Crippen LogP contribution in [-0.2, 0) is 0 Å². The van der Waals surface area contributed by atoms with Crippen LogP contribution in [0.15, 0.2) is 12.2 Å². The number of hydrogen-bond acceptors (Lipinski definition) is 3. The standard InChI is InChI=1S/C2H4O3/c3-1-2(4)5/h1,3-5H/i/hD2. The summed E-state index contributed by atoms with van der Waals surface area (Å²) >= 11 is 0. The molecule has 0 spiro atoms. The molecule has 0 aliphatic carbocycles. The van der Waals surface area contributed by atoms with Crippen molar-refractivity contribution in [1.82, 2.24) is 0 Å². The highest BCUT2D eigenvalue weighted by atomic mass is 16.5. The van der Waals surface area contributed by atoms with Gasteiger partial charge in [-0.2, -0.15) is 0 Å². The molecule has 3 N–H and O–H groups in total. The number of aliphatic hydroxyl groups is 3. The Labute approximate surface area is 31.8 Å². The van der Waals surface area contributed by atoms with Gasteiger partial charge in [0.15, 0.2) is 6.26 Å². The van der Waals surface area contributed by atoms with Crippen molar-refractivity contribution in [2.45, 2.75) is 0 Å². The van der Waals surface area contributed by atoms with Crippen LogP contribution >= 0.6 is 0 Å². The average molecular weight is 78.1 g/mol. The fourth-order valence-corrected chi connectivity index (χ4v) is 0. The van der Waals surface area contributed by atoms with Gasteiger partial charge >= 0.3 is 5.95 Å². The lowest BCUT2D eigenvalue weighted by Crippen LogP contribution is -1.70. The Kier molecular flexibility index (Phi) is 0.451. The summed E-state index contributed by atoms with van der Waals surface area (Å²) in [6.45, 7) is 0. The van der Waals surface area contributed by atoms with Crippen LogP contribution in [0.1, 0.15) is 0 Å². The molecule has 0 rings (SSSR count). The van der Waals surface area contributed by atoms with Crippen molar-refractivity contribution in [3.63, 3.8) is 0 Å². The third-order valence-electron chi connectivity index (χ3n) is 0.105. The topological polar surface area (TPSA) is 60.7 Å². The molecule has 0 fully saturated rings. The molecule has 0 amide bonds. The lowest BCUT2D eigenvalue weighted by molar-refractivity contribution is 0.172. The zero-order chi connectivity index (χ0) is 5.70. The van der Waals surface area contributed by atoms with Crippen molar-refractivity contribution >= 4 is 0 Å². The Morgan fingerprint density at radius 2 is 2.40 bits per heavy atom. The molecule has 0 unspecified atom stereocenters. The first-order valence-electron chi connectivity index (χ1n) is 1.77. The molecule has 5 heavy (non-hydrogen) atoms. The Morgan fingerprint density at radius 1 is 1.80 bits per heavy atom. The van der Waals surface area contributed by atoms with E-state index in [1.54, 1.807) is 0 Å². The summed E-state index contributed by atoms with van der Waals surface area (Å²) in [5, 5.41) is 14.9. The van der Waals surface area contributed by atoms with Crippen LogP contribution in [0.4, 0.5) is 0 Å². The Bertz CT molecular complexity index is 65.3. The van der Waals surface area contributed by atoms with Crippen molar-refractivity contribution in [1.29, 1.82) is 2.86 Å². The highest BCUT2D eigenvalue weighted by Crippen LogP contribution is 1.67. The maximum absolute atomic E-state index is 7.87. The summed E-state index contributed by atoms with van der Waals surface area (Å²) in [4.78, 5) is 0. The quantitative estimate of drug-likeness (QED) is 0.420. The minimum Gasteiger partial charge on any atom is -0.508 e. The molecule has 3 heteroatoms. The van der Waals surface area contributed by atoms with E-state index in [4.69, 9.17) is 7.97 Å². The van der Waals surface area contributed by atoms with E-state index in [1.165, 1.54) is 0 Å². The van der Waals surface area contributed by atoms with E-state index in [0.29, 0.717) is 6.26 Å². The van der Waals surface area contributed by atoms with Gasteiger partial charge in [-0.05, 0) is 0 Å². The van der Waals surface area contributed by atoms with E-state index in [2.05, 4.69) is 10.2 Å². The van der Waals surface area contributed by atoms with E-state index in [-0.39, 0.29) is 0 Å². The lowest BCUT2D eigenvalue weighted by Gasteiger charge is -1.74. The summed E-state index contributed by atoms with van der Waals surface area (Å²) in [6, 6.07) is 0. The molecule has 0 aliphatic rings. The average Bonchev–Trinajstić information content (AvgIpc) is 1.72. The van der Waals surface area contributed by atoms with Crippen LogP contribution in [0.3, 0.4) is 0 Å². The van der Waals surface area contributed by atoms with Crippen molar-refractivity contribution in [2.24, 2.45) is 0 Å². The summed E-state index contributed by atoms with van der Waals surface area (Å²) in [5.74, 6) is -0.556. The predicted octanol–water partition coefficient (Wildman–Crippen LogP) is 0.459. The van der Waals surface area contributed by atoms with Crippen LogP contribution in [0.2, 0.25) is 0 Å². The Morgan fingerprint density at radius 3 is 2.40 bits per heavy atom. The maximum Gasteiger partial charge on any atom is 0.310 e. The van der Waals surface area contributed by atoms with Crippen LogP contribution in [0.25, 0.3) is 2.86 Å². The second kappa shape index (κ2) is 1.46. The first kappa shape index (κ1) is 1.55. The van der Waals surface area contributed by atoms with Gasteiger partial charge in [-0.15, -0.1) is 0 Å². The van der Waals surface area contributed by atoms with Gasteiger partial charge in [0, 0.05) is 0 Å². The first-order valence-corrected chi connectivity index (χ1v) is 0.955. The highest BCUT2D eigenvalue weighted by Gasteiger charge is 1.69. The second-order valence-electron chi connectivity index (χ2n) is 0.448. The van der Waals surface area contributed by atoms with E-state index in [1.807, 2.05) is 0 Å². The fourth-order valence-electron chi connectivity index (χ4n) is 0. The molecule has 0 atom stereocenters. The molecule has 0 radical (unpaired) electrons. The van der Waals surface area contributed by atoms with E-state index >= 15 is 0 Å². The normalized spacial score (nSPS) is 10.4. The van der Waals surface area contributed by atoms with Crippen LogP contribution in [0.5, 0.6) is 0 Å². The smallest absolute Gasteiger partial charge is 0.310 e. The minimum atomic E-state index is -0.556. The van der Waals surface area contributed by atoms with Crippen LogP contribution in [0, 0.1) is 0 Å². The lowest BCUT2D eigenvalue weighted by atomic mass is 11.0. The monoisotopic (exact) mass is 78.0 g/mol. The summed E-state index contributed by atoms with van der Waals surface area (Å²) in [5.41, 5.74) is 0. The molecule has 0 saturated carbocycles. The van der Waals surface area contributed by atoms with Gasteiger partial charge < -0.3 is 15.3 Å². The van der Waals surface area contributed by atoms with Crippen molar-refractivity contribution in [3.05, 3.63) is 12.2 Å². The third kappa shape index (κ3) is 3.14. The van der Waals surface area contributed by atoms with E-state index in [9.17, 15) is 0 Å². The zero-order valence-electron chi connectivity index (χ0n) is 4.34. The number of rotatable bonds is 2. The number of hydrogen-bond donors (Lipinski definition) is 3. The van der Waals surface area contributed by atoms with Gasteiger partial charge in [0.05, 0.1) is 0 Å². The molecule has 0 aliphatic heterocycles. The van der Waals surface area contributed by atoms with E-state index in [0.717, 1.165) is 0 Å². The van der Waals surface area contributed by atoms with E-state index < -0.39 is 5.95 Å². The van der Waals surface area contributed by atoms with Crippen LogP contribution in [-0.4, -0.2) is 15.3 Å². The molecule has 0 heterocycles. The molecule has 0 saturated heterocycles. The minimum absolute atomic E-state index is 0.375. The molecule has 0 bridgehead atoms. The Balaban J connectivity index is 3.38. The summed E-state index contributed by atoms with van der Waals surface area (Å²) < 4.78 is 12.0. The molecule has 30 valence electrons. The van der Waals surface area contributed by atoms with Crippen molar-refractivity contribution < 1.29 is 15.3 Å². The van der Waals surface area contributed by atoms with Gasteiger partial charge in [0.2, 0.25) is 0 Å². The third-order valence-corrected chi connectivity index (χ3v) is 0.105. The van der Waals surface area contributed by atoms with Gasteiger partial charge in [-0.3, -0.25) is 0 Å². The van der Waals surface area contributed by atoms with Crippen molar-refractivity contribution in [2.75, 3.05) is 0 Å². The first-order chi connectivity index (χ1) is 3.35. The maximum atomic E-state index is 7.87. The summed E-state index contributed by atoms with van der Waals surface area (Å²) in [7, 11) is 0. The van der Waals surface area contributed by atoms with Gasteiger partial charge in [0.25, 0.3) is 2.86 Å². The Hall–Kier alpha value is -0.860. The van der Waals surface area contributed by atoms with Gasteiger partial charge in [-0.1, -0.05) is 0 Å². The largest absolute Gasteiger partial charge is 0.508 e. The van der Waals surface area contributed by atoms with Crippen LogP contribution < -0.4 is 0 Å². The zero-order valence-corrected chi connectivity index (χ0v) is 2.34. The SMILES string of the molecule is [2H]OC(=CO)O[2H]. The van der Waals surface area contributed by atoms with Crippen molar-refractivity contribution in [3.8, 4) is 0 Å². The molecule has 3 nitrogen and oxygen atoms in total. The highest BCUT2D eigenvalue weighted by molar-refractivity contribution is 4.63.